The van der Waals surface area contributed by atoms with Gasteiger partial charge in [0, 0.05) is 7.05 Å². The van der Waals surface area contributed by atoms with Crippen LogP contribution in [0.25, 0.3) is 0 Å². The molecule has 1 aromatic heterocycles. The predicted molar refractivity (Wildman–Crippen MR) is 68.2 cm³/mol. The molecule has 1 heterocycles. The van der Waals surface area contributed by atoms with Crippen LogP contribution in [0.15, 0.2) is 5.16 Å². The van der Waals surface area contributed by atoms with E-state index in [0.29, 0.717) is 0 Å². The molecule has 0 saturated heterocycles. The van der Waals surface area contributed by atoms with E-state index in [1.165, 1.54) is 0 Å². The molecule has 0 aliphatic carbocycles. The van der Waals surface area contributed by atoms with Gasteiger partial charge < -0.3 is 10.3 Å². The molecule has 0 saturated carbocycles. The van der Waals surface area contributed by atoms with Gasteiger partial charge in [0.25, 0.3) is 0 Å². The average Bonchev–Trinajstić information content (AvgIpc) is 2.65. The number of hydrogen-bond acceptors (Lipinski definition) is 5. The topological polar surface area (TPSA) is 103 Å². The summed E-state index contributed by atoms with van der Waals surface area (Å²) in [5.41, 5.74) is 4.85. The van der Waals surface area contributed by atoms with E-state index in [9.17, 15) is 22.8 Å². The van der Waals surface area contributed by atoms with E-state index in [-0.39, 0.29) is 11.1 Å². The van der Waals surface area contributed by atoms with E-state index in [0.717, 1.165) is 23.4 Å². The summed E-state index contributed by atoms with van der Waals surface area (Å²) >= 11 is 0.780. The standard InChI is InChI=1S/C10H14F3N5O2S/c1-4(2)5(6(19)15-8(14)20)21-9-17-16-7(18(9)3)10(11,12)13/h4-5H,1-3H3,(H3,14,15,19,20)/t5-/m1/s1. The highest BCUT2D eigenvalue weighted by molar-refractivity contribution is 8.00. The number of aromatic nitrogens is 3. The first-order valence-electron chi connectivity index (χ1n) is 5.77. The van der Waals surface area contributed by atoms with Gasteiger partial charge >= 0.3 is 12.2 Å². The number of nitrogens with two attached hydrogens (primary N) is 1. The van der Waals surface area contributed by atoms with Crippen molar-refractivity contribution < 1.29 is 22.8 Å². The number of carbonyl (C=O) groups is 2. The molecule has 3 amide bonds. The highest BCUT2D eigenvalue weighted by Gasteiger charge is 2.38. The molecule has 0 aliphatic heterocycles. The summed E-state index contributed by atoms with van der Waals surface area (Å²) in [5.74, 6) is -2.12. The van der Waals surface area contributed by atoms with Crippen molar-refractivity contribution in [3.8, 4) is 0 Å². The predicted octanol–water partition coefficient (Wildman–Crippen LogP) is 1.15. The molecule has 0 bridgehead atoms. The third kappa shape index (κ3) is 4.34. The van der Waals surface area contributed by atoms with Gasteiger partial charge in [0.1, 0.15) is 0 Å². The first-order chi connectivity index (χ1) is 9.54. The third-order valence-corrected chi connectivity index (χ3v) is 4.01. The Kier molecular flexibility index (Phi) is 5.20. The van der Waals surface area contributed by atoms with Gasteiger partial charge in [-0.15, -0.1) is 10.2 Å². The molecule has 3 N–H and O–H groups in total. The van der Waals surface area contributed by atoms with Crippen LogP contribution < -0.4 is 11.1 Å². The molecule has 11 heteroatoms. The number of alkyl halides is 3. The lowest BCUT2D eigenvalue weighted by atomic mass is 10.1. The summed E-state index contributed by atoms with van der Waals surface area (Å²) in [6, 6.07) is -1.03. The lowest BCUT2D eigenvalue weighted by Gasteiger charge is -2.18. The van der Waals surface area contributed by atoms with Crippen LogP contribution >= 0.6 is 11.8 Å². The number of carbonyl (C=O) groups excluding carboxylic acids is 2. The maximum Gasteiger partial charge on any atom is 0.451 e. The van der Waals surface area contributed by atoms with Gasteiger partial charge in [0.05, 0.1) is 5.25 Å². The Morgan fingerprint density at radius 1 is 1.33 bits per heavy atom. The van der Waals surface area contributed by atoms with Crippen LogP contribution in [0.2, 0.25) is 0 Å². The fraction of sp³-hybridized carbons (Fsp3) is 0.600. The van der Waals surface area contributed by atoms with Gasteiger partial charge in [-0.1, -0.05) is 25.6 Å². The molecule has 118 valence electrons. The summed E-state index contributed by atoms with van der Waals surface area (Å²) < 4.78 is 38.6. The van der Waals surface area contributed by atoms with E-state index in [1.807, 2.05) is 5.32 Å². The highest BCUT2D eigenvalue weighted by atomic mass is 32.2. The first-order valence-corrected chi connectivity index (χ1v) is 6.65. The molecule has 0 radical (unpaired) electrons. The quantitative estimate of drug-likeness (QED) is 0.808. The average molecular weight is 325 g/mol. The van der Waals surface area contributed by atoms with Crippen molar-refractivity contribution in [2.24, 2.45) is 18.7 Å². The molecule has 1 aromatic rings. The fourth-order valence-corrected chi connectivity index (χ4v) is 2.46. The normalized spacial score (nSPS) is 13.3. The van der Waals surface area contributed by atoms with Gasteiger partial charge in [0.2, 0.25) is 11.7 Å². The Morgan fingerprint density at radius 3 is 2.29 bits per heavy atom. The van der Waals surface area contributed by atoms with Gasteiger partial charge in [-0.05, 0) is 5.92 Å². The molecule has 0 aliphatic rings. The Balaban J connectivity index is 2.98. The zero-order valence-electron chi connectivity index (χ0n) is 11.4. The number of primary amides is 1. The second-order valence-corrected chi connectivity index (χ2v) is 5.61. The molecule has 0 spiro atoms. The summed E-state index contributed by atoms with van der Waals surface area (Å²) in [5, 5.41) is 7.47. The van der Waals surface area contributed by atoms with Crippen molar-refractivity contribution in [1.29, 1.82) is 0 Å². The van der Waals surface area contributed by atoms with Crippen LogP contribution in [0.4, 0.5) is 18.0 Å². The van der Waals surface area contributed by atoms with E-state index in [4.69, 9.17) is 5.73 Å². The summed E-state index contributed by atoms with van der Waals surface area (Å²) in [6.45, 7) is 3.36. The monoisotopic (exact) mass is 325 g/mol. The Labute approximate surface area is 122 Å². The van der Waals surface area contributed by atoms with Crippen LogP contribution in [-0.2, 0) is 18.0 Å². The minimum absolute atomic E-state index is 0.0827. The number of rotatable bonds is 4. The van der Waals surface area contributed by atoms with Crippen molar-refractivity contribution in [3.63, 3.8) is 0 Å². The van der Waals surface area contributed by atoms with E-state index < -0.39 is 29.2 Å². The van der Waals surface area contributed by atoms with Crippen LogP contribution in [-0.4, -0.2) is 32.0 Å². The highest BCUT2D eigenvalue weighted by Crippen LogP contribution is 2.32. The summed E-state index contributed by atoms with van der Waals surface area (Å²) in [7, 11) is 1.15. The maximum atomic E-state index is 12.6. The molecule has 0 fully saturated rings. The zero-order valence-corrected chi connectivity index (χ0v) is 12.2. The number of halogens is 3. The number of hydrogen-bond donors (Lipinski definition) is 2. The molecular weight excluding hydrogens is 311 g/mol. The SMILES string of the molecule is CC(C)[C@@H](Sc1nnc(C(F)(F)F)n1C)C(=O)NC(N)=O. The third-order valence-electron chi connectivity index (χ3n) is 2.43. The number of nitrogens with zero attached hydrogens (tertiary/aromatic N) is 3. The molecule has 0 aromatic carbocycles. The van der Waals surface area contributed by atoms with Crippen molar-refractivity contribution >= 4 is 23.7 Å². The molecule has 21 heavy (non-hydrogen) atoms. The van der Waals surface area contributed by atoms with Crippen LogP contribution in [0.1, 0.15) is 19.7 Å². The second-order valence-electron chi connectivity index (χ2n) is 4.50. The summed E-state index contributed by atoms with van der Waals surface area (Å²) in [6.07, 6.45) is -4.64. The molecule has 0 unspecified atom stereocenters. The van der Waals surface area contributed by atoms with Gasteiger partial charge in [-0.3, -0.25) is 10.1 Å². The zero-order chi connectivity index (χ0) is 16.4. The number of urea groups is 1. The molecule has 7 nitrogen and oxygen atoms in total. The Bertz CT molecular complexity index is 543. The Hall–Kier alpha value is -1.78. The molecular formula is C10H14F3N5O2S. The Morgan fingerprint density at radius 2 is 1.90 bits per heavy atom. The minimum atomic E-state index is -4.64. The van der Waals surface area contributed by atoms with E-state index in [1.54, 1.807) is 13.8 Å². The minimum Gasteiger partial charge on any atom is -0.351 e. The largest absolute Gasteiger partial charge is 0.451 e. The lowest BCUT2D eigenvalue weighted by Crippen LogP contribution is -2.42. The smallest absolute Gasteiger partial charge is 0.351 e. The molecule has 1 atom stereocenters. The van der Waals surface area contributed by atoms with Gasteiger partial charge in [-0.25, -0.2) is 4.79 Å². The first kappa shape index (κ1) is 17.3. The van der Waals surface area contributed by atoms with Crippen LogP contribution in [0, 0.1) is 5.92 Å². The number of thioether (sulfide) groups is 1. The van der Waals surface area contributed by atoms with Crippen molar-refractivity contribution in [2.45, 2.75) is 30.4 Å². The fourth-order valence-electron chi connectivity index (χ4n) is 1.46. The maximum absolute atomic E-state index is 12.6. The van der Waals surface area contributed by atoms with E-state index >= 15 is 0 Å². The van der Waals surface area contributed by atoms with Gasteiger partial charge in [0.15, 0.2) is 5.16 Å². The number of imide groups is 1. The van der Waals surface area contributed by atoms with Crippen LogP contribution in [0.5, 0.6) is 0 Å². The molecule has 1 rings (SSSR count). The van der Waals surface area contributed by atoms with Gasteiger partial charge in [-0.2, -0.15) is 13.2 Å². The number of nitrogens with one attached hydrogen (secondary N) is 1. The van der Waals surface area contributed by atoms with Crippen molar-refractivity contribution in [1.82, 2.24) is 20.1 Å². The number of amides is 3. The van der Waals surface area contributed by atoms with Crippen molar-refractivity contribution in [3.05, 3.63) is 5.82 Å². The summed E-state index contributed by atoms with van der Waals surface area (Å²) in [4.78, 5) is 22.5. The van der Waals surface area contributed by atoms with Crippen LogP contribution in [0.3, 0.4) is 0 Å². The second kappa shape index (κ2) is 6.33. The van der Waals surface area contributed by atoms with Crippen molar-refractivity contribution in [2.75, 3.05) is 0 Å². The lowest BCUT2D eigenvalue weighted by molar-refractivity contribution is -0.147. The van der Waals surface area contributed by atoms with E-state index in [2.05, 4.69) is 10.2 Å².